The number of nitrogens with one attached hydrogen (secondary N) is 1. The smallest absolute Gasteiger partial charge is 0.308 e. The molecule has 21 heavy (non-hydrogen) atoms. The number of methoxy groups -OCH3 is 2. The van der Waals surface area contributed by atoms with E-state index in [4.69, 9.17) is 21.1 Å². The van der Waals surface area contributed by atoms with Gasteiger partial charge in [-0.1, -0.05) is 18.5 Å². The molecular weight excluding hydrogens is 294 g/mol. The highest BCUT2D eigenvalue weighted by Gasteiger charge is 2.13. The van der Waals surface area contributed by atoms with Gasteiger partial charge < -0.3 is 19.5 Å². The van der Waals surface area contributed by atoms with Crippen molar-refractivity contribution < 1.29 is 19.0 Å². The van der Waals surface area contributed by atoms with E-state index in [1.165, 1.54) is 7.11 Å². The molecule has 5 nitrogen and oxygen atoms in total. The zero-order chi connectivity index (χ0) is 15.7. The molecule has 1 rings (SSSR count). The van der Waals surface area contributed by atoms with E-state index < -0.39 is 0 Å². The summed E-state index contributed by atoms with van der Waals surface area (Å²) in [6.07, 6.45) is 1.23. The monoisotopic (exact) mass is 315 g/mol. The van der Waals surface area contributed by atoms with Crippen molar-refractivity contribution in [1.82, 2.24) is 5.32 Å². The van der Waals surface area contributed by atoms with Crippen LogP contribution >= 0.6 is 11.6 Å². The van der Waals surface area contributed by atoms with Crippen LogP contribution in [0.4, 0.5) is 0 Å². The highest BCUT2D eigenvalue weighted by molar-refractivity contribution is 6.32. The first kappa shape index (κ1) is 17.6. The number of esters is 1. The van der Waals surface area contributed by atoms with Gasteiger partial charge in [0.15, 0.2) is 11.5 Å². The third kappa shape index (κ3) is 5.81. The van der Waals surface area contributed by atoms with Crippen LogP contribution in [0.15, 0.2) is 12.1 Å². The Morgan fingerprint density at radius 2 is 2.10 bits per heavy atom. The Labute approximate surface area is 130 Å². The molecule has 0 saturated carbocycles. The summed E-state index contributed by atoms with van der Waals surface area (Å²) in [5.74, 6) is 0.674. The van der Waals surface area contributed by atoms with Gasteiger partial charge in [-0.25, -0.2) is 0 Å². The predicted octanol–water partition coefficient (Wildman–Crippen LogP) is 2.79. The van der Waals surface area contributed by atoms with Gasteiger partial charge >= 0.3 is 5.97 Å². The summed E-state index contributed by atoms with van der Waals surface area (Å²) in [5.41, 5.74) is 1.02. The first-order chi connectivity index (χ1) is 10.1. The van der Waals surface area contributed by atoms with Crippen LogP contribution in [0, 0.1) is 0 Å². The van der Waals surface area contributed by atoms with E-state index in [1.807, 2.05) is 12.1 Å². The van der Waals surface area contributed by atoms with E-state index in [0.29, 0.717) is 23.1 Å². The van der Waals surface area contributed by atoms with Gasteiger partial charge in [0.05, 0.1) is 32.3 Å². The van der Waals surface area contributed by atoms with Crippen molar-refractivity contribution in [3.63, 3.8) is 0 Å². The van der Waals surface area contributed by atoms with Gasteiger partial charge in [-0.05, 0) is 30.7 Å². The molecule has 0 aliphatic rings. The van der Waals surface area contributed by atoms with E-state index in [1.54, 1.807) is 7.11 Å². The lowest BCUT2D eigenvalue weighted by molar-refractivity contribution is -0.141. The maximum absolute atomic E-state index is 11.1. The summed E-state index contributed by atoms with van der Waals surface area (Å²) >= 11 is 6.23. The molecule has 118 valence electrons. The van der Waals surface area contributed by atoms with Crippen LogP contribution in [0.1, 0.15) is 25.3 Å². The average Bonchev–Trinajstić information content (AvgIpc) is 2.48. The van der Waals surface area contributed by atoms with E-state index in [0.717, 1.165) is 18.5 Å². The molecule has 0 unspecified atom stereocenters. The summed E-state index contributed by atoms with van der Waals surface area (Å²) < 4.78 is 15.4. The number of hydrogen-bond acceptors (Lipinski definition) is 5. The highest BCUT2D eigenvalue weighted by Crippen LogP contribution is 2.36. The molecule has 0 atom stereocenters. The summed E-state index contributed by atoms with van der Waals surface area (Å²) in [6.45, 7) is 3.96. The van der Waals surface area contributed by atoms with E-state index in [2.05, 4.69) is 17.0 Å². The van der Waals surface area contributed by atoms with Crippen molar-refractivity contribution in [3.8, 4) is 11.5 Å². The van der Waals surface area contributed by atoms with Crippen molar-refractivity contribution in [2.24, 2.45) is 0 Å². The second kappa shape index (κ2) is 9.47. The second-order valence-electron chi connectivity index (χ2n) is 4.46. The zero-order valence-electron chi connectivity index (χ0n) is 12.7. The highest BCUT2D eigenvalue weighted by atomic mass is 35.5. The number of halogens is 1. The lowest BCUT2D eigenvalue weighted by Crippen LogP contribution is -2.14. The predicted molar refractivity (Wildman–Crippen MR) is 82.1 cm³/mol. The van der Waals surface area contributed by atoms with Crippen molar-refractivity contribution in [2.45, 2.75) is 26.3 Å². The summed E-state index contributed by atoms with van der Waals surface area (Å²) in [7, 11) is 2.90. The molecule has 0 heterocycles. The second-order valence-corrected chi connectivity index (χ2v) is 4.87. The minimum absolute atomic E-state index is 0.162. The molecule has 0 radical (unpaired) electrons. The molecular formula is C15H22ClNO4. The van der Waals surface area contributed by atoms with Crippen molar-refractivity contribution in [2.75, 3.05) is 27.4 Å². The number of benzene rings is 1. The normalized spacial score (nSPS) is 10.3. The molecule has 0 aliphatic carbocycles. The molecule has 0 aliphatic heterocycles. The minimum Gasteiger partial charge on any atom is -0.493 e. The number of carbonyl (C=O) groups excluding carboxylic acids is 1. The fourth-order valence-electron chi connectivity index (χ4n) is 1.76. The molecule has 0 aromatic heterocycles. The lowest BCUT2D eigenvalue weighted by atomic mass is 10.2. The average molecular weight is 316 g/mol. The van der Waals surface area contributed by atoms with Gasteiger partial charge in [0.25, 0.3) is 0 Å². The standard InChI is InChI=1S/C15H22ClNO4/c1-4-6-17-10-11-8-12(16)15(13(9-11)19-2)21-7-5-14(18)20-3/h8-9,17H,4-7,10H2,1-3H3. The van der Waals surface area contributed by atoms with Gasteiger partial charge in [-0.15, -0.1) is 0 Å². The van der Waals surface area contributed by atoms with E-state index in [-0.39, 0.29) is 19.0 Å². The first-order valence-corrected chi connectivity index (χ1v) is 7.26. The summed E-state index contributed by atoms with van der Waals surface area (Å²) in [4.78, 5) is 11.1. The number of rotatable bonds is 9. The Morgan fingerprint density at radius 3 is 2.71 bits per heavy atom. The van der Waals surface area contributed by atoms with Gasteiger partial charge in [-0.2, -0.15) is 0 Å². The zero-order valence-corrected chi connectivity index (χ0v) is 13.5. The maximum Gasteiger partial charge on any atom is 0.308 e. The van der Waals surface area contributed by atoms with Crippen LogP contribution in [-0.4, -0.2) is 33.3 Å². The molecule has 1 N–H and O–H groups in total. The molecule has 0 spiro atoms. The van der Waals surface area contributed by atoms with Gasteiger partial charge in [-0.3, -0.25) is 4.79 Å². The van der Waals surface area contributed by atoms with Gasteiger partial charge in [0.1, 0.15) is 0 Å². The molecule has 0 saturated heterocycles. The van der Waals surface area contributed by atoms with Crippen molar-refractivity contribution in [1.29, 1.82) is 0 Å². The minimum atomic E-state index is -0.328. The van der Waals surface area contributed by atoms with Crippen LogP contribution in [0.5, 0.6) is 11.5 Å². The third-order valence-corrected chi connectivity index (χ3v) is 3.11. The van der Waals surface area contributed by atoms with E-state index in [9.17, 15) is 4.79 Å². The maximum atomic E-state index is 11.1. The molecule has 0 amide bonds. The summed E-state index contributed by atoms with van der Waals surface area (Å²) in [5, 5.41) is 3.76. The van der Waals surface area contributed by atoms with Gasteiger partial charge in [0, 0.05) is 6.54 Å². The fraction of sp³-hybridized carbons (Fsp3) is 0.533. The van der Waals surface area contributed by atoms with Crippen molar-refractivity contribution >= 4 is 17.6 Å². The van der Waals surface area contributed by atoms with E-state index >= 15 is 0 Å². The summed E-state index contributed by atoms with van der Waals surface area (Å²) in [6, 6.07) is 3.71. The Hall–Kier alpha value is -1.46. The molecule has 0 fully saturated rings. The Kier molecular flexibility index (Phi) is 7.93. The van der Waals surface area contributed by atoms with Crippen LogP contribution in [-0.2, 0) is 16.1 Å². The van der Waals surface area contributed by atoms with Crippen LogP contribution < -0.4 is 14.8 Å². The molecule has 1 aromatic carbocycles. The Bertz CT molecular complexity index is 465. The van der Waals surface area contributed by atoms with Crippen LogP contribution in [0.2, 0.25) is 5.02 Å². The first-order valence-electron chi connectivity index (χ1n) is 6.89. The quantitative estimate of drug-likeness (QED) is 0.561. The Morgan fingerprint density at radius 1 is 1.33 bits per heavy atom. The Balaban J connectivity index is 2.72. The third-order valence-electron chi connectivity index (χ3n) is 2.83. The topological polar surface area (TPSA) is 56.8 Å². The SMILES string of the molecule is CCCNCc1cc(Cl)c(OCCC(=O)OC)c(OC)c1. The largest absolute Gasteiger partial charge is 0.493 e. The lowest BCUT2D eigenvalue weighted by Gasteiger charge is -2.14. The molecule has 0 bridgehead atoms. The van der Waals surface area contributed by atoms with Crippen molar-refractivity contribution in [3.05, 3.63) is 22.7 Å². The molecule has 1 aromatic rings. The van der Waals surface area contributed by atoms with Crippen LogP contribution in [0.25, 0.3) is 0 Å². The fourth-order valence-corrected chi connectivity index (χ4v) is 2.05. The van der Waals surface area contributed by atoms with Crippen LogP contribution in [0.3, 0.4) is 0 Å². The number of hydrogen-bond donors (Lipinski definition) is 1. The number of carbonyl (C=O) groups is 1. The van der Waals surface area contributed by atoms with Gasteiger partial charge in [0.2, 0.25) is 0 Å². The molecule has 6 heteroatoms. The number of ether oxygens (including phenoxy) is 3.